The maximum absolute atomic E-state index is 13.7. The molecule has 7 nitrogen and oxygen atoms in total. The number of aliphatic hydroxyl groups excluding tert-OH is 1. The van der Waals surface area contributed by atoms with Crippen LogP contribution in [0.5, 0.6) is 5.75 Å². The second kappa shape index (κ2) is 7.29. The van der Waals surface area contributed by atoms with Gasteiger partial charge in [0.1, 0.15) is 29.1 Å². The third kappa shape index (κ3) is 3.20. The average molecular weight is 430 g/mol. The third-order valence-electron chi connectivity index (χ3n) is 8.19. The molecule has 2 saturated carbocycles. The van der Waals surface area contributed by atoms with Gasteiger partial charge in [0.15, 0.2) is 5.78 Å². The first-order valence-electron chi connectivity index (χ1n) is 11.5. The number of hydrogen-bond acceptors (Lipinski definition) is 6. The number of hydrogen-bond donors (Lipinski definition) is 4. The van der Waals surface area contributed by atoms with Crippen LogP contribution in [0.25, 0.3) is 0 Å². The van der Waals surface area contributed by atoms with Gasteiger partial charge in [0, 0.05) is 17.7 Å². The molecule has 0 radical (unpaired) electrons. The number of nitrogens with one attached hydrogen (secondary N) is 1. The summed E-state index contributed by atoms with van der Waals surface area (Å²) in [5.41, 5.74) is -2.35. The number of carbonyl (C=O) groups excluding carboxylic acids is 1. The quantitative estimate of drug-likeness (QED) is 0.332. The van der Waals surface area contributed by atoms with E-state index in [0.29, 0.717) is 18.3 Å². The van der Waals surface area contributed by atoms with Crippen molar-refractivity contribution in [3.63, 3.8) is 0 Å². The molecule has 4 aliphatic rings. The van der Waals surface area contributed by atoms with Crippen molar-refractivity contribution in [1.82, 2.24) is 4.98 Å². The Morgan fingerprint density at radius 2 is 2.00 bits per heavy atom. The fourth-order valence-corrected chi connectivity index (χ4v) is 6.39. The number of epoxide rings is 1. The molecular formula is C24H31NO6. The molecule has 0 bridgehead atoms. The molecule has 31 heavy (non-hydrogen) atoms. The van der Waals surface area contributed by atoms with Crippen LogP contribution >= 0.6 is 0 Å². The number of fused-ring (bicyclic) bond motifs is 2. The van der Waals surface area contributed by atoms with Crippen molar-refractivity contribution in [2.45, 2.75) is 69.9 Å². The Morgan fingerprint density at radius 3 is 2.77 bits per heavy atom. The lowest BCUT2D eigenvalue weighted by Crippen LogP contribution is -2.43. The number of allylic oxidation sites excluding steroid dienone is 2. The first kappa shape index (κ1) is 20.9. The number of carbonyl (C=O) groups is 1. The van der Waals surface area contributed by atoms with E-state index in [-0.39, 0.29) is 41.1 Å². The summed E-state index contributed by atoms with van der Waals surface area (Å²) in [7, 11) is 0. The zero-order valence-electron chi connectivity index (χ0n) is 18.0. The summed E-state index contributed by atoms with van der Waals surface area (Å²) in [5, 5.41) is 32.3. The number of pyridine rings is 1. The lowest BCUT2D eigenvalue weighted by Gasteiger charge is -2.42. The zero-order valence-corrected chi connectivity index (χ0v) is 18.0. The summed E-state index contributed by atoms with van der Waals surface area (Å²) in [4.78, 5) is 29.0. The van der Waals surface area contributed by atoms with E-state index in [1.54, 1.807) is 0 Å². The summed E-state index contributed by atoms with van der Waals surface area (Å²) >= 11 is 0. The molecule has 0 spiro atoms. The van der Waals surface area contributed by atoms with Crippen molar-refractivity contribution in [3.8, 4) is 5.75 Å². The highest BCUT2D eigenvalue weighted by molar-refractivity contribution is 6.00. The fourth-order valence-electron chi connectivity index (χ4n) is 6.39. The van der Waals surface area contributed by atoms with Crippen molar-refractivity contribution in [1.29, 1.82) is 0 Å². The van der Waals surface area contributed by atoms with E-state index in [9.17, 15) is 24.9 Å². The van der Waals surface area contributed by atoms with Gasteiger partial charge < -0.3 is 25.0 Å². The lowest BCUT2D eigenvalue weighted by atomic mass is 9.61. The van der Waals surface area contributed by atoms with Crippen molar-refractivity contribution in [2.75, 3.05) is 0 Å². The predicted molar refractivity (Wildman–Crippen MR) is 113 cm³/mol. The summed E-state index contributed by atoms with van der Waals surface area (Å²) in [5.74, 6) is -0.152. The van der Waals surface area contributed by atoms with Crippen LogP contribution in [0.2, 0.25) is 0 Å². The molecule has 7 heteroatoms. The summed E-state index contributed by atoms with van der Waals surface area (Å²) in [6, 6.07) is 0. The molecule has 0 aromatic carbocycles. The van der Waals surface area contributed by atoms with Crippen molar-refractivity contribution >= 4 is 5.78 Å². The minimum Gasteiger partial charge on any atom is -0.507 e. The molecule has 9 unspecified atom stereocenters. The van der Waals surface area contributed by atoms with E-state index in [2.05, 4.69) is 24.1 Å². The Morgan fingerprint density at radius 1 is 1.23 bits per heavy atom. The normalized spacial score (nSPS) is 43.7. The Kier molecular flexibility index (Phi) is 4.92. The number of aromatic amines is 1. The zero-order chi connectivity index (χ0) is 22.1. The highest BCUT2D eigenvalue weighted by Gasteiger charge is 2.62. The van der Waals surface area contributed by atoms with E-state index < -0.39 is 35.2 Å². The smallest absolute Gasteiger partial charge is 0.262 e. The molecule has 168 valence electrons. The molecular weight excluding hydrogens is 398 g/mol. The van der Waals surface area contributed by atoms with Crippen LogP contribution in [-0.2, 0) is 10.3 Å². The molecule has 4 N–H and O–H groups in total. The second-order valence-corrected chi connectivity index (χ2v) is 10.2. The first-order valence-corrected chi connectivity index (χ1v) is 11.5. The van der Waals surface area contributed by atoms with Crippen LogP contribution in [0, 0.1) is 29.6 Å². The molecule has 1 saturated heterocycles. The number of ketones is 1. The third-order valence-corrected chi connectivity index (χ3v) is 8.19. The number of H-pyrrole nitrogens is 1. The monoisotopic (exact) mass is 429 g/mol. The van der Waals surface area contributed by atoms with Gasteiger partial charge in [-0.3, -0.25) is 9.59 Å². The summed E-state index contributed by atoms with van der Waals surface area (Å²) in [6.45, 7) is 4.22. The Bertz CT molecular complexity index is 985. The van der Waals surface area contributed by atoms with E-state index in [1.165, 1.54) is 6.20 Å². The number of ether oxygens (including phenoxy) is 1. The molecule has 3 aliphatic carbocycles. The van der Waals surface area contributed by atoms with Gasteiger partial charge in [-0.05, 0) is 49.4 Å². The maximum atomic E-state index is 13.7. The second-order valence-electron chi connectivity index (χ2n) is 10.2. The van der Waals surface area contributed by atoms with Crippen LogP contribution < -0.4 is 5.56 Å². The van der Waals surface area contributed by atoms with Crippen LogP contribution in [0.15, 0.2) is 23.1 Å². The molecule has 5 rings (SSSR count). The van der Waals surface area contributed by atoms with E-state index in [1.807, 2.05) is 6.92 Å². The standard InChI is InChI=1S/C24H31NO6/c1-11-3-6-14-13(9-11)5-4-12(2)17(14)20(28)18-19(27)15(10-25-23(18)29)24(30)8-7-16(26)21-22(24)31-21/h4-5,10-14,16-17,21-22,26,30H,3,6-9H2,1-2H3,(H2,25,27,29). The topological polar surface area (TPSA) is 123 Å². The predicted octanol–water partition coefficient (Wildman–Crippen LogP) is 2.25. The minimum atomic E-state index is -1.55. The fraction of sp³-hybridized carbons (Fsp3) is 0.667. The number of rotatable bonds is 3. The minimum absolute atomic E-state index is 0.0336. The van der Waals surface area contributed by atoms with Crippen LogP contribution in [0.4, 0.5) is 0 Å². The Hall–Kier alpha value is -1.96. The largest absolute Gasteiger partial charge is 0.507 e. The molecule has 1 aromatic heterocycles. The number of aliphatic hydroxyl groups is 2. The van der Waals surface area contributed by atoms with Gasteiger partial charge in [0.2, 0.25) is 0 Å². The molecule has 2 heterocycles. The number of Topliss-reactive ketones (excluding diaryl/α,β-unsaturated/α-hetero) is 1. The van der Waals surface area contributed by atoms with Gasteiger partial charge in [-0.15, -0.1) is 0 Å². The first-order chi connectivity index (χ1) is 14.7. The number of aromatic nitrogens is 1. The van der Waals surface area contributed by atoms with E-state index >= 15 is 0 Å². The molecule has 0 amide bonds. The summed E-state index contributed by atoms with van der Waals surface area (Å²) < 4.78 is 5.46. The van der Waals surface area contributed by atoms with Crippen molar-refractivity contribution in [2.24, 2.45) is 29.6 Å². The van der Waals surface area contributed by atoms with Crippen molar-refractivity contribution in [3.05, 3.63) is 39.8 Å². The summed E-state index contributed by atoms with van der Waals surface area (Å²) in [6.07, 6.45) is 7.25. The van der Waals surface area contributed by atoms with Crippen LogP contribution in [0.3, 0.4) is 0 Å². The van der Waals surface area contributed by atoms with Gasteiger partial charge in [-0.25, -0.2) is 0 Å². The van der Waals surface area contributed by atoms with Gasteiger partial charge >= 0.3 is 0 Å². The average Bonchev–Trinajstić information content (AvgIpc) is 3.53. The number of aromatic hydroxyl groups is 1. The van der Waals surface area contributed by atoms with E-state index in [0.717, 1.165) is 19.3 Å². The van der Waals surface area contributed by atoms with Crippen molar-refractivity contribution < 1.29 is 24.9 Å². The molecule has 9 atom stereocenters. The highest BCUT2D eigenvalue weighted by atomic mass is 16.6. The van der Waals surface area contributed by atoms with Crippen LogP contribution in [0.1, 0.15) is 61.9 Å². The highest BCUT2D eigenvalue weighted by Crippen LogP contribution is 2.52. The maximum Gasteiger partial charge on any atom is 0.262 e. The van der Waals surface area contributed by atoms with E-state index in [4.69, 9.17) is 4.74 Å². The van der Waals surface area contributed by atoms with Gasteiger partial charge in [-0.1, -0.05) is 32.4 Å². The Labute approximate surface area is 181 Å². The molecule has 3 fully saturated rings. The lowest BCUT2D eigenvalue weighted by molar-refractivity contribution is -0.0231. The molecule has 1 aromatic rings. The van der Waals surface area contributed by atoms with Gasteiger partial charge in [0.05, 0.1) is 6.10 Å². The van der Waals surface area contributed by atoms with Gasteiger partial charge in [0.25, 0.3) is 5.56 Å². The van der Waals surface area contributed by atoms with Gasteiger partial charge in [-0.2, -0.15) is 0 Å². The molecule has 1 aliphatic heterocycles. The SMILES string of the molecule is CC1CCC2C(C=CC(C)C2C(=O)c2c(O)c(C3(O)CCC(O)C4OC43)c[nH]c2=O)C1. The van der Waals surface area contributed by atoms with Crippen LogP contribution in [-0.4, -0.2) is 44.4 Å². The Balaban J connectivity index is 1.52.